The molecule has 1 saturated heterocycles. The summed E-state index contributed by atoms with van der Waals surface area (Å²) in [6, 6.07) is 3.98. The van der Waals surface area contributed by atoms with E-state index in [-0.39, 0.29) is 0 Å². The molecule has 0 bridgehead atoms. The van der Waals surface area contributed by atoms with Gasteiger partial charge in [-0.2, -0.15) is 4.98 Å². The summed E-state index contributed by atoms with van der Waals surface area (Å²) >= 11 is 0. The predicted molar refractivity (Wildman–Crippen MR) is 65.4 cm³/mol. The van der Waals surface area contributed by atoms with Crippen LogP contribution in [0, 0.1) is 0 Å². The van der Waals surface area contributed by atoms with E-state index in [1.807, 2.05) is 6.07 Å². The van der Waals surface area contributed by atoms with Crippen LogP contribution in [0.25, 0.3) is 11.0 Å². The van der Waals surface area contributed by atoms with Gasteiger partial charge in [0, 0.05) is 30.2 Å². The first-order valence-corrected chi connectivity index (χ1v) is 5.98. The number of nitrogens with zero attached hydrogens (tertiary/aromatic N) is 1. The zero-order chi connectivity index (χ0) is 11.7. The normalized spacial score (nSPS) is 20.6. The van der Waals surface area contributed by atoms with Gasteiger partial charge in [0.2, 0.25) is 5.88 Å². The average Bonchev–Trinajstić information content (AvgIpc) is 2.82. The zero-order valence-electron chi connectivity index (χ0n) is 9.90. The van der Waals surface area contributed by atoms with Crippen molar-refractivity contribution in [3.63, 3.8) is 0 Å². The van der Waals surface area contributed by atoms with Crippen molar-refractivity contribution in [1.29, 1.82) is 0 Å². The molecule has 17 heavy (non-hydrogen) atoms. The first kappa shape index (κ1) is 10.6. The number of aromatic nitrogens is 2. The van der Waals surface area contributed by atoms with Gasteiger partial charge in [0.05, 0.1) is 13.7 Å². The van der Waals surface area contributed by atoms with Crippen molar-refractivity contribution in [2.45, 2.75) is 18.8 Å². The van der Waals surface area contributed by atoms with Gasteiger partial charge in [0.15, 0.2) is 0 Å². The van der Waals surface area contributed by atoms with Gasteiger partial charge in [0.25, 0.3) is 0 Å². The van der Waals surface area contributed by atoms with Gasteiger partial charge >= 0.3 is 0 Å². The first-order chi connectivity index (χ1) is 8.38. The molecule has 2 aromatic rings. The number of nitrogens with one attached hydrogen (secondary N) is 1. The Morgan fingerprint density at radius 3 is 3.18 bits per heavy atom. The molecule has 3 rings (SSSR count). The van der Waals surface area contributed by atoms with E-state index in [1.165, 1.54) is 17.4 Å². The first-order valence-electron chi connectivity index (χ1n) is 5.98. The van der Waals surface area contributed by atoms with Crippen LogP contribution in [-0.4, -0.2) is 30.3 Å². The highest BCUT2D eigenvalue weighted by Crippen LogP contribution is 2.31. The molecule has 1 unspecified atom stereocenters. The lowest BCUT2D eigenvalue weighted by atomic mass is 9.94. The van der Waals surface area contributed by atoms with Crippen LogP contribution in [0.2, 0.25) is 0 Å². The van der Waals surface area contributed by atoms with E-state index in [2.05, 4.69) is 22.2 Å². The van der Waals surface area contributed by atoms with E-state index >= 15 is 0 Å². The fourth-order valence-electron chi connectivity index (χ4n) is 2.45. The summed E-state index contributed by atoms with van der Waals surface area (Å²) in [6.45, 7) is 1.71. The van der Waals surface area contributed by atoms with Crippen molar-refractivity contribution in [2.75, 3.05) is 20.3 Å². The lowest BCUT2D eigenvalue weighted by Gasteiger charge is -2.21. The van der Waals surface area contributed by atoms with Crippen molar-refractivity contribution in [3.8, 4) is 5.88 Å². The third-order valence-corrected chi connectivity index (χ3v) is 3.35. The number of H-pyrrole nitrogens is 1. The number of fused-ring (bicyclic) bond motifs is 1. The average molecular weight is 232 g/mol. The number of pyridine rings is 1. The Kier molecular flexibility index (Phi) is 2.73. The second-order valence-electron chi connectivity index (χ2n) is 4.41. The fourth-order valence-corrected chi connectivity index (χ4v) is 2.45. The van der Waals surface area contributed by atoms with Crippen LogP contribution in [0.4, 0.5) is 0 Å². The molecule has 1 fully saturated rings. The molecule has 0 amide bonds. The van der Waals surface area contributed by atoms with Crippen molar-refractivity contribution >= 4 is 11.0 Å². The number of ether oxygens (including phenoxy) is 2. The Labute approximate surface area is 100.0 Å². The number of hydrogen-bond donors (Lipinski definition) is 1. The largest absolute Gasteiger partial charge is 0.481 e. The van der Waals surface area contributed by atoms with Crippen LogP contribution < -0.4 is 4.74 Å². The number of rotatable bonds is 2. The van der Waals surface area contributed by atoms with Gasteiger partial charge in [0.1, 0.15) is 5.65 Å². The van der Waals surface area contributed by atoms with E-state index < -0.39 is 0 Å². The minimum absolute atomic E-state index is 0.493. The maximum absolute atomic E-state index is 5.54. The number of methoxy groups -OCH3 is 1. The molecule has 0 saturated carbocycles. The number of aromatic amines is 1. The molecule has 0 radical (unpaired) electrons. The van der Waals surface area contributed by atoms with Gasteiger partial charge in [-0.3, -0.25) is 0 Å². The minimum atomic E-state index is 0.493. The summed E-state index contributed by atoms with van der Waals surface area (Å²) in [7, 11) is 1.63. The quantitative estimate of drug-likeness (QED) is 0.865. The van der Waals surface area contributed by atoms with Crippen molar-refractivity contribution < 1.29 is 9.47 Å². The molecule has 0 aromatic carbocycles. The summed E-state index contributed by atoms with van der Waals surface area (Å²) < 4.78 is 10.7. The molecule has 2 aromatic heterocycles. The highest BCUT2D eigenvalue weighted by molar-refractivity contribution is 5.80. The SMILES string of the molecule is COc1ccc2c(C3CCCOC3)c[nH]c2n1. The maximum Gasteiger partial charge on any atom is 0.214 e. The highest BCUT2D eigenvalue weighted by atomic mass is 16.5. The van der Waals surface area contributed by atoms with Crippen molar-refractivity contribution in [3.05, 3.63) is 23.9 Å². The van der Waals surface area contributed by atoms with Gasteiger partial charge in [-0.15, -0.1) is 0 Å². The van der Waals surface area contributed by atoms with E-state index in [9.17, 15) is 0 Å². The van der Waals surface area contributed by atoms with Crippen LogP contribution in [0.3, 0.4) is 0 Å². The Hall–Kier alpha value is -1.55. The molecule has 0 spiro atoms. The second-order valence-corrected chi connectivity index (χ2v) is 4.41. The van der Waals surface area contributed by atoms with Crippen LogP contribution in [0.15, 0.2) is 18.3 Å². The molecule has 1 aliphatic heterocycles. The topological polar surface area (TPSA) is 47.1 Å². The molecule has 0 aliphatic carbocycles. The van der Waals surface area contributed by atoms with Crippen LogP contribution in [0.5, 0.6) is 5.88 Å². The summed E-state index contributed by atoms with van der Waals surface area (Å²) in [4.78, 5) is 7.60. The Morgan fingerprint density at radius 2 is 2.41 bits per heavy atom. The summed E-state index contributed by atoms with van der Waals surface area (Å²) in [5.74, 6) is 1.14. The lowest BCUT2D eigenvalue weighted by molar-refractivity contribution is 0.0808. The van der Waals surface area contributed by atoms with Gasteiger partial charge in [-0.25, -0.2) is 0 Å². The van der Waals surface area contributed by atoms with Gasteiger partial charge < -0.3 is 14.5 Å². The maximum atomic E-state index is 5.54. The zero-order valence-corrected chi connectivity index (χ0v) is 9.90. The molecular weight excluding hydrogens is 216 g/mol. The molecule has 90 valence electrons. The van der Waals surface area contributed by atoms with E-state index in [0.717, 1.165) is 25.3 Å². The summed E-state index contributed by atoms with van der Waals surface area (Å²) in [5.41, 5.74) is 2.21. The van der Waals surface area contributed by atoms with Gasteiger partial charge in [-0.1, -0.05) is 0 Å². The monoisotopic (exact) mass is 232 g/mol. The smallest absolute Gasteiger partial charge is 0.214 e. The molecule has 4 heteroatoms. The van der Waals surface area contributed by atoms with E-state index in [4.69, 9.17) is 9.47 Å². The second kappa shape index (κ2) is 4.37. The molecule has 3 heterocycles. The van der Waals surface area contributed by atoms with E-state index in [1.54, 1.807) is 7.11 Å². The lowest BCUT2D eigenvalue weighted by Crippen LogP contribution is -2.15. The summed E-state index contributed by atoms with van der Waals surface area (Å²) in [5, 5.41) is 1.18. The van der Waals surface area contributed by atoms with Crippen LogP contribution >= 0.6 is 0 Å². The van der Waals surface area contributed by atoms with Gasteiger partial charge in [-0.05, 0) is 24.5 Å². The number of hydrogen-bond acceptors (Lipinski definition) is 3. The van der Waals surface area contributed by atoms with Crippen molar-refractivity contribution in [2.24, 2.45) is 0 Å². The third-order valence-electron chi connectivity index (χ3n) is 3.35. The van der Waals surface area contributed by atoms with Crippen molar-refractivity contribution in [1.82, 2.24) is 9.97 Å². The molecule has 4 nitrogen and oxygen atoms in total. The van der Waals surface area contributed by atoms with Crippen LogP contribution in [0.1, 0.15) is 24.3 Å². The highest BCUT2D eigenvalue weighted by Gasteiger charge is 2.19. The van der Waals surface area contributed by atoms with Crippen LogP contribution in [-0.2, 0) is 4.74 Å². The predicted octanol–water partition coefficient (Wildman–Crippen LogP) is 2.47. The third kappa shape index (κ3) is 1.89. The standard InChI is InChI=1S/C13H16N2O2/c1-16-12-5-4-10-11(7-14-13(10)15-12)9-3-2-6-17-8-9/h4-5,7,9H,2-3,6,8H2,1H3,(H,14,15). The van der Waals surface area contributed by atoms with E-state index in [0.29, 0.717) is 11.8 Å². The molecule has 1 atom stereocenters. The Morgan fingerprint density at radius 1 is 1.47 bits per heavy atom. The Bertz CT molecular complexity index is 515. The summed E-state index contributed by atoms with van der Waals surface area (Å²) in [6.07, 6.45) is 4.39. The molecule has 1 N–H and O–H groups in total. The minimum Gasteiger partial charge on any atom is -0.481 e. The Balaban J connectivity index is 1.99. The molecule has 1 aliphatic rings. The fraction of sp³-hybridized carbons (Fsp3) is 0.462. The molecular formula is C13H16N2O2.